The summed E-state index contributed by atoms with van der Waals surface area (Å²) >= 11 is 0.704. The maximum absolute atomic E-state index is 11.9. The standard InChI is InChI=1S/C10H17N3O4S2/c1-2-3-4-5-6-12-19(16,17)9-7-8(13(14)15)10(11)18-9/h7,12H,2-6,11H2,1H3. The monoisotopic (exact) mass is 307 g/mol. The van der Waals surface area contributed by atoms with E-state index in [0.29, 0.717) is 17.9 Å². The smallest absolute Gasteiger partial charge is 0.304 e. The molecule has 1 rings (SSSR count). The maximum Gasteiger partial charge on any atom is 0.304 e. The second-order valence-electron chi connectivity index (χ2n) is 4.03. The number of nitrogens with two attached hydrogens (primary N) is 1. The molecule has 0 aliphatic rings. The molecule has 0 atom stereocenters. The van der Waals surface area contributed by atoms with Gasteiger partial charge in [0.05, 0.1) is 4.92 Å². The molecule has 19 heavy (non-hydrogen) atoms. The van der Waals surface area contributed by atoms with Crippen molar-refractivity contribution in [2.75, 3.05) is 12.3 Å². The maximum atomic E-state index is 11.9. The Morgan fingerprint density at radius 3 is 2.63 bits per heavy atom. The van der Waals surface area contributed by atoms with Crippen molar-refractivity contribution in [2.24, 2.45) is 0 Å². The number of unbranched alkanes of at least 4 members (excludes halogenated alkanes) is 3. The van der Waals surface area contributed by atoms with E-state index in [4.69, 9.17) is 5.73 Å². The molecule has 0 unspecified atom stereocenters. The summed E-state index contributed by atoms with van der Waals surface area (Å²) in [6.45, 7) is 2.39. The van der Waals surface area contributed by atoms with E-state index in [1.807, 2.05) is 0 Å². The molecule has 0 bridgehead atoms. The van der Waals surface area contributed by atoms with Crippen LogP contribution in [0.3, 0.4) is 0 Å². The summed E-state index contributed by atoms with van der Waals surface area (Å²) < 4.78 is 26.0. The van der Waals surface area contributed by atoms with Gasteiger partial charge in [-0.15, -0.1) is 0 Å². The van der Waals surface area contributed by atoms with E-state index >= 15 is 0 Å². The van der Waals surface area contributed by atoms with Crippen LogP contribution in [0.15, 0.2) is 10.3 Å². The number of nitro groups is 1. The van der Waals surface area contributed by atoms with Crippen molar-refractivity contribution in [2.45, 2.75) is 36.8 Å². The number of thiophene rings is 1. The van der Waals surface area contributed by atoms with Crippen LogP contribution in [0.1, 0.15) is 32.6 Å². The Morgan fingerprint density at radius 2 is 2.11 bits per heavy atom. The molecule has 1 aromatic rings. The van der Waals surface area contributed by atoms with E-state index in [2.05, 4.69) is 11.6 Å². The van der Waals surface area contributed by atoms with Crippen LogP contribution in [0.25, 0.3) is 0 Å². The Bertz CT molecular complexity index is 539. The molecule has 7 nitrogen and oxygen atoms in total. The quantitative estimate of drug-likeness (QED) is 0.433. The van der Waals surface area contributed by atoms with E-state index in [1.165, 1.54) is 0 Å². The van der Waals surface area contributed by atoms with Crippen molar-refractivity contribution in [3.63, 3.8) is 0 Å². The van der Waals surface area contributed by atoms with Gasteiger partial charge in [-0.1, -0.05) is 37.5 Å². The molecule has 1 heterocycles. The summed E-state index contributed by atoms with van der Waals surface area (Å²) in [5.74, 6) is 0. The van der Waals surface area contributed by atoms with Gasteiger partial charge >= 0.3 is 5.69 Å². The minimum atomic E-state index is -3.70. The molecule has 0 spiro atoms. The van der Waals surface area contributed by atoms with Gasteiger partial charge in [-0.3, -0.25) is 10.1 Å². The molecule has 0 saturated heterocycles. The topological polar surface area (TPSA) is 115 Å². The normalized spacial score (nSPS) is 11.6. The number of anilines is 1. The first-order valence-corrected chi connectivity index (χ1v) is 8.21. The van der Waals surface area contributed by atoms with Crippen molar-refractivity contribution in [3.05, 3.63) is 16.2 Å². The van der Waals surface area contributed by atoms with Crippen LogP contribution in [-0.4, -0.2) is 19.9 Å². The zero-order valence-electron chi connectivity index (χ0n) is 10.6. The molecule has 0 aliphatic carbocycles. The van der Waals surface area contributed by atoms with Crippen LogP contribution >= 0.6 is 11.3 Å². The van der Waals surface area contributed by atoms with E-state index in [9.17, 15) is 18.5 Å². The van der Waals surface area contributed by atoms with Crippen molar-refractivity contribution < 1.29 is 13.3 Å². The molecule has 1 aromatic heterocycles. The van der Waals surface area contributed by atoms with Crippen LogP contribution in [0.2, 0.25) is 0 Å². The van der Waals surface area contributed by atoms with Crippen molar-refractivity contribution in [1.82, 2.24) is 4.72 Å². The average molecular weight is 307 g/mol. The Hall–Kier alpha value is -1.19. The van der Waals surface area contributed by atoms with E-state index in [1.54, 1.807) is 0 Å². The molecule has 108 valence electrons. The highest BCUT2D eigenvalue weighted by Gasteiger charge is 2.24. The first kappa shape index (κ1) is 15.9. The van der Waals surface area contributed by atoms with Crippen molar-refractivity contribution in [1.29, 1.82) is 0 Å². The Labute approximate surface area is 116 Å². The number of nitrogen functional groups attached to an aromatic ring is 1. The van der Waals surface area contributed by atoms with Gasteiger partial charge < -0.3 is 5.73 Å². The number of hydrogen-bond donors (Lipinski definition) is 2. The fraction of sp³-hybridized carbons (Fsp3) is 0.600. The van der Waals surface area contributed by atoms with Crippen molar-refractivity contribution >= 4 is 32.0 Å². The first-order chi connectivity index (χ1) is 8.88. The second-order valence-corrected chi connectivity index (χ2v) is 7.11. The summed E-state index contributed by atoms with van der Waals surface area (Å²) in [5.41, 5.74) is 5.05. The van der Waals surface area contributed by atoms with Crippen molar-refractivity contribution in [3.8, 4) is 0 Å². The Kier molecular flexibility index (Phi) is 5.70. The molecule has 0 radical (unpaired) electrons. The Balaban J connectivity index is 2.67. The van der Waals surface area contributed by atoms with Gasteiger partial charge in [0.15, 0.2) is 5.00 Å². The molecule has 0 amide bonds. The predicted octanol–water partition coefficient (Wildman–Crippen LogP) is 2.10. The summed E-state index contributed by atoms with van der Waals surface area (Å²) in [6.07, 6.45) is 3.82. The van der Waals surface area contributed by atoms with Gasteiger partial charge in [-0.2, -0.15) is 0 Å². The second kappa shape index (κ2) is 6.83. The zero-order valence-corrected chi connectivity index (χ0v) is 12.2. The van der Waals surface area contributed by atoms with E-state index < -0.39 is 14.9 Å². The minimum Gasteiger partial charge on any atom is -0.385 e. The fourth-order valence-electron chi connectivity index (χ4n) is 1.48. The summed E-state index contributed by atoms with van der Waals surface area (Å²) in [4.78, 5) is 9.92. The SMILES string of the molecule is CCCCCCNS(=O)(=O)c1cc([N+](=O)[O-])c(N)s1. The van der Waals surface area contributed by atoms with Crippen LogP contribution in [-0.2, 0) is 10.0 Å². The number of hydrogen-bond acceptors (Lipinski definition) is 6. The van der Waals surface area contributed by atoms with Gasteiger partial charge in [0.2, 0.25) is 10.0 Å². The first-order valence-electron chi connectivity index (χ1n) is 5.92. The lowest BCUT2D eigenvalue weighted by Gasteiger charge is -2.03. The van der Waals surface area contributed by atoms with E-state index in [0.717, 1.165) is 31.7 Å². The summed E-state index contributed by atoms with van der Waals surface area (Å²) in [6, 6.07) is 0.994. The highest BCUT2D eigenvalue weighted by atomic mass is 32.2. The van der Waals surface area contributed by atoms with Gasteiger partial charge in [-0.05, 0) is 6.42 Å². The Morgan fingerprint density at radius 1 is 1.42 bits per heavy atom. The summed E-state index contributed by atoms with van der Waals surface area (Å²) in [5, 5.41) is 10.5. The highest BCUT2D eigenvalue weighted by Crippen LogP contribution is 2.34. The van der Waals surface area contributed by atoms with Crippen LogP contribution in [0.4, 0.5) is 10.7 Å². The highest BCUT2D eigenvalue weighted by molar-refractivity contribution is 7.91. The van der Waals surface area contributed by atoms with Gasteiger partial charge in [-0.25, -0.2) is 13.1 Å². The van der Waals surface area contributed by atoms with Gasteiger partial charge in [0, 0.05) is 12.6 Å². The number of nitrogens with one attached hydrogen (secondary N) is 1. The minimum absolute atomic E-state index is 0.101. The average Bonchev–Trinajstić information content (AvgIpc) is 2.72. The molecule has 3 N–H and O–H groups in total. The predicted molar refractivity (Wildman–Crippen MR) is 74.7 cm³/mol. The van der Waals surface area contributed by atoms with E-state index in [-0.39, 0.29) is 14.9 Å². The number of nitrogens with zero attached hydrogens (tertiary/aromatic N) is 1. The number of rotatable bonds is 8. The molecule has 0 saturated carbocycles. The summed E-state index contributed by atoms with van der Waals surface area (Å²) in [7, 11) is -3.70. The molecular formula is C10H17N3O4S2. The lowest BCUT2D eigenvalue weighted by atomic mass is 10.2. The fourth-order valence-corrected chi connectivity index (χ4v) is 3.81. The third-order valence-corrected chi connectivity index (χ3v) is 5.39. The van der Waals surface area contributed by atoms with Gasteiger partial charge in [0.1, 0.15) is 4.21 Å². The molecule has 9 heteroatoms. The van der Waals surface area contributed by atoms with Crippen LogP contribution < -0.4 is 10.5 Å². The van der Waals surface area contributed by atoms with Gasteiger partial charge in [0.25, 0.3) is 0 Å². The van der Waals surface area contributed by atoms with Crippen LogP contribution in [0, 0.1) is 10.1 Å². The largest absolute Gasteiger partial charge is 0.385 e. The molecule has 0 aliphatic heterocycles. The molecule has 0 aromatic carbocycles. The lowest BCUT2D eigenvalue weighted by molar-refractivity contribution is -0.383. The molecule has 0 fully saturated rings. The molecular weight excluding hydrogens is 290 g/mol. The number of sulfonamides is 1. The zero-order chi connectivity index (χ0) is 14.5. The lowest BCUT2D eigenvalue weighted by Crippen LogP contribution is -2.23. The third kappa shape index (κ3) is 4.44. The third-order valence-electron chi connectivity index (χ3n) is 2.50. The van der Waals surface area contributed by atoms with Crippen LogP contribution in [0.5, 0.6) is 0 Å².